The lowest BCUT2D eigenvalue weighted by Crippen LogP contribution is -2.57. The first-order chi connectivity index (χ1) is 14.4. The van der Waals surface area contributed by atoms with Crippen molar-refractivity contribution in [2.45, 2.75) is 19.3 Å². The summed E-state index contributed by atoms with van der Waals surface area (Å²) < 4.78 is 28.8. The van der Waals surface area contributed by atoms with Crippen LogP contribution in [0.2, 0.25) is 0 Å². The molecular formula is C21H31N5O3S. The summed E-state index contributed by atoms with van der Waals surface area (Å²) in [4.78, 5) is 19.8. The molecule has 0 radical (unpaired) electrons. The number of nitrogens with zero attached hydrogens (tertiary/aromatic N) is 4. The van der Waals surface area contributed by atoms with E-state index in [1.807, 2.05) is 30.3 Å². The molecule has 2 aliphatic heterocycles. The van der Waals surface area contributed by atoms with Crippen LogP contribution in [0.25, 0.3) is 10.9 Å². The smallest absolute Gasteiger partial charge is 0.282 e. The number of carbonyl (C=O) groups is 1. The number of hydrogen-bond donors (Lipinski definition) is 1. The van der Waals surface area contributed by atoms with Crippen molar-refractivity contribution in [3.63, 3.8) is 0 Å². The number of H-pyrrole nitrogens is 1. The van der Waals surface area contributed by atoms with Gasteiger partial charge in [-0.3, -0.25) is 4.79 Å². The van der Waals surface area contributed by atoms with Crippen molar-refractivity contribution in [1.82, 2.24) is 23.4 Å². The molecule has 2 aromatic rings. The van der Waals surface area contributed by atoms with Gasteiger partial charge in [-0.1, -0.05) is 18.2 Å². The molecule has 164 valence electrons. The zero-order valence-electron chi connectivity index (χ0n) is 17.6. The molecule has 1 aromatic heterocycles. The Hall–Kier alpha value is -1.94. The molecule has 0 atom stereocenters. The van der Waals surface area contributed by atoms with E-state index >= 15 is 0 Å². The Labute approximate surface area is 178 Å². The van der Waals surface area contributed by atoms with Crippen molar-refractivity contribution in [1.29, 1.82) is 0 Å². The van der Waals surface area contributed by atoms with E-state index in [1.54, 1.807) is 4.31 Å². The van der Waals surface area contributed by atoms with Crippen LogP contribution in [-0.4, -0.2) is 97.1 Å². The maximum atomic E-state index is 12.9. The van der Waals surface area contributed by atoms with Crippen LogP contribution < -0.4 is 0 Å². The predicted octanol–water partition coefficient (Wildman–Crippen LogP) is 1.13. The van der Waals surface area contributed by atoms with Gasteiger partial charge in [-0.25, -0.2) is 0 Å². The molecule has 9 heteroatoms. The van der Waals surface area contributed by atoms with E-state index in [9.17, 15) is 13.2 Å². The van der Waals surface area contributed by atoms with E-state index in [4.69, 9.17) is 0 Å². The summed E-state index contributed by atoms with van der Waals surface area (Å²) in [5, 5.41) is 1.22. The molecule has 0 unspecified atom stereocenters. The fraction of sp³-hybridized carbons (Fsp3) is 0.571. The molecule has 2 aliphatic rings. The van der Waals surface area contributed by atoms with Crippen LogP contribution in [0.15, 0.2) is 30.5 Å². The Balaban J connectivity index is 1.24. The number of aromatic nitrogens is 1. The van der Waals surface area contributed by atoms with Crippen LogP contribution in [0.3, 0.4) is 0 Å². The molecule has 1 amide bonds. The number of benzene rings is 1. The van der Waals surface area contributed by atoms with Gasteiger partial charge in [0.05, 0.1) is 0 Å². The van der Waals surface area contributed by atoms with E-state index in [-0.39, 0.29) is 5.91 Å². The minimum absolute atomic E-state index is 0.117. The number of aryl methyl sites for hydroxylation is 1. The van der Waals surface area contributed by atoms with Crippen molar-refractivity contribution < 1.29 is 13.2 Å². The molecule has 30 heavy (non-hydrogen) atoms. The standard InChI is InChI=1S/C21H31N5O3S/c1-23-9-13-25(14-10-23)30(28,29)26-15-11-24(12-16-26)21(27)8-4-5-18-17-22-20-7-3-2-6-19(18)20/h2-3,6-7,17,22H,4-5,8-16H2,1H3. The largest absolute Gasteiger partial charge is 0.361 e. The number of piperazine rings is 2. The minimum atomic E-state index is -3.43. The van der Waals surface area contributed by atoms with Gasteiger partial charge in [0, 0.05) is 75.9 Å². The minimum Gasteiger partial charge on any atom is -0.361 e. The van der Waals surface area contributed by atoms with Crippen molar-refractivity contribution in [2.24, 2.45) is 0 Å². The molecule has 1 N–H and O–H groups in total. The maximum Gasteiger partial charge on any atom is 0.282 e. The fourth-order valence-electron chi connectivity index (χ4n) is 4.28. The highest BCUT2D eigenvalue weighted by atomic mass is 32.2. The number of fused-ring (bicyclic) bond motifs is 1. The SMILES string of the molecule is CN1CCN(S(=O)(=O)N2CCN(C(=O)CCCc3c[nH]c4ccccc34)CC2)CC1. The molecule has 0 spiro atoms. The summed E-state index contributed by atoms with van der Waals surface area (Å²) in [6, 6.07) is 8.19. The van der Waals surface area contributed by atoms with Gasteiger partial charge in [-0.05, 0) is 31.5 Å². The third-order valence-electron chi connectivity index (χ3n) is 6.22. The summed E-state index contributed by atoms with van der Waals surface area (Å²) in [5.74, 6) is 0.117. The number of hydrogen-bond acceptors (Lipinski definition) is 4. The summed E-state index contributed by atoms with van der Waals surface area (Å²) in [6.07, 6.45) is 4.16. The van der Waals surface area contributed by atoms with Crippen LogP contribution in [-0.2, 0) is 21.4 Å². The quantitative estimate of drug-likeness (QED) is 0.741. The van der Waals surface area contributed by atoms with Crippen LogP contribution in [0.5, 0.6) is 0 Å². The lowest BCUT2D eigenvalue weighted by Gasteiger charge is -2.39. The van der Waals surface area contributed by atoms with Gasteiger partial charge in [0.2, 0.25) is 5.91 Å². The second-order valence-electron chi connectivity index (χ2n) is 8.20. The first-order valence-corrected chi connectivity index (χ1v) is 12.1. The number of nitrogens with one attached hydrogen (secondary N) is 1. The van der Waals surface area contributed by atoms with E-state index < -0.39 is 10.2 Å². The third-order valence-corrected chi connectivity index (χ3v) is 8.25. The molecule has 8 nitrogen and oxygen atoms in total. The number of aromatic amines is 1. The Bertz CT molecular complexity index is 973. The monoisotopic (exact) mass is 433 g/mol. The molecule has 1 aromatic carbocycles. The molecular weight excluding hydrogens is 402 g/mol. The zero-order valence-corrected chi connectivity index (χ0v) is 18.4. The maximum absolute atomic E-state index is 12.9. The average molecular weight is 434 g/mol. The fourth-order valence-corrected chi connectivity index (χ4v) is 5.85. The zero-order chi connectivity index (χ0) is 21.1. The van der Waals surface area contributed by atoms with Gasteiger partial charge in [0.25, 0.3) is 10.2 Å². The number of para-hydroxylation sites is 1. The number of rotatable bonds is 6. The highest BCUT2D eigenvalue weighted by Gasteiger charge is 2.34. The van der Waals surface area contributed by atoms with Crippen LogP contribution in [0.1, 0.15) is 18.4 Å². The molecule has 2 saturated heterocycles. The van der Waals surface area contributed by atoms with E-state index in [0.717, 1.165) is 31.4 Å². The normalized spacial score (nSPS) is 20.1. The van der Waals surface area contributed by atoms with E-state index in [0.29, 0.717) is 45.7 Å². The lowest BCUT2D eigenvalue weighted by atomic mass is 10.1. The number of amides is 1. The Morgan fingerprint density at radius 2 is 1.60 bits per heavy atom. The first kappa shape index (κ1) is 21.3. The summed E-state index contributed by atoms with van der Waals surface area (Å²) in [7, 11) is -1.42. The third kappa shape index (κ3) is 4.54. The van der Waals surface area contributed by atoms with Gasteiger partial charge in [0.1, 0.15) is 0 Å². The highest BCUT2D eigenvalue weighted by molar-refractivity contribution is 7.86. The highest BCUT2D eigenvalue weighted by Crippen LogP contribution is 2.20. The summed E-state index contributed by atoms with van der Waals surface area (Å²) in [6.45, 7) is 4.28. The summed E-state index contributed by atoms with van der Waals surface area (Å²) >= 11 is 0. The Morgan fingerprint density at radius 3 is 2.30 bits per heavy atom. The topological polar surface area (TPSA) is 80.0 Å². The number of carbonyl (C=O) groups excluding carboxylic acids is 1. The van der Waals surface area contributed by atoms with Gasteiger partial charge < -0.3 is 14.8 Å². The van der Waals surface area contributed by atoms with E-state index in [2.05, 4.69) is 22.0 Å². The molecule has 2 fully saturated rings. The van der Waals surface area contributed by atoms with Gasteiger partial charge in [-0.15, -0.1) is 0 Å². The molecule has 0 saturated carbocycles. The van der Waals surface area contributed by atoms with Crippen molar-refractivity contribution in [2.75, 3.05) is 59.4 Å². The molecule has 0 bridgehead atoms. The van der Waals surface area contributed by atoms with Crippen LogP contribution >= 0.6 is 0 Å². The lowest BCUT2D eigenvalue weighted by molar-refractivity contribution is -0.132. The Morgan fingerprint density at radius 1 is 0.967 bits per heavy atom. The molecule has 4 rings (SSSR count). The van der Waals surface area contributed by atoms with Gasteiger partial charge >= 0.3 is 0 Å². The van der Waals surface area contributed by atoms with Crippen molar-refractivity contribution in [3.05, 3.63) is 36.0 Å². The van der Waals surface area contributed by atoms with E-state index in [1.165, 1.54) is 15.3 Å². The second-order valence-corrected chi connectivity index (χ2v) is 10.1. The van der Waals surface area contributed by atoms with Crippen molar-refractivity contribution >= 4 is 27.0 Å². The Kier molecular flexibility index (Phi) is 6.43. The number of likely N-dealkylation sites (N-methyl/N-ethyl adjacent to an activating group) is 1. The molecule has 3 heterocycles. The van der Waals surface area contributed by atoms with Gasteiger partial charge in [0.15, 0.2) is 0 Å². The van der Waals surface area contributed by atoms with Crippen LogP contribution in [0, 0.1) is 0 Å². The predicted molar refractivity (Wildman–Crippen MR) is 117 cm³/mol. The summed E-state index contributed by atoms with van der Waals surface area (Å²) in [5.41, 5.74) is 2.36. The second kappa shape index (κ2) is 9.05. The van der Waals surface area contributed by atoms with Gasteiger partial charge in [-0.2, -0.15) is 17.0 Å². The first-order valence-electron chi connectivity index (χ1n) is 10.7. The van der Waals surface area contributed by atoms with Crippen LogP contribution in [0.4, 0.5) is 0 Å². The average Bonchev–Trinajstić information content (AvgIpc) is 3.17. The van der Waals surface area contributed by atoms with Crippen molar-refractivity contribution in [3.8, 4) is 0 Å². The molecule has 0 aliphatic carbocycles.